The molecule has 0 saturated carbocycles. The second-order valence-electron chi connectivity index (χ2n) is 4.65. The van der Waals surface area contributed by atoms with Crippen molar-refractivity contribution in [2.75, 3.05) is 5.73 Å². The van der Waals surface area contributed by atoms with Crippen molar-refractivity contribution in [1.82, 2.24) is 19.5 Å². The predicted molar refractivity (Wildman–Crippen MR) is 77.9 cm³/mol. The van der Waals surface area contributed by atoms with E-state index in [4.69, 9.17) is 5.73 Å². The summed E-state index contributed by atoms with van der Waals surface area (Å²) < 4.78 is 2.05. The summed E-state index contributed by atoms with van der Waals surface area (Å²) in [7, 11) is 0. The van der Waals surface area contributed by atoms with Gasteiger partial charge in [-0.15, -0.1) is 0 Å². The minimum Gasteiger partial charge on any atom is -0.384 e. The molecule has 0 fully saturated rings. The van der Waals surface area contributed by atoms with Crippen LogP contribution in [0.15, 0.2) is 49.1 Å². The summed E-state index contributed by atoms with van der Waals surface area (Å²) in [6.07, 6.45) is 5.33. The lowest BCUT2D eigenvalue weighted by atomic mass is 10.2. The first kappa shape index (κ1) is 12.3. The fourth-order valence-electron chi connectivity index (χ4n) is 2.16. The Morgan fingerprint density at radius 1 is 1.25 bits per heavy atom. The largest absolute Gasteiger partial charge is 0.384 e. The van der Waals surface area contributed by atoms with Crippen molar-refractivity contribution < 1.29 is 0 Å². The number of rotatable bonds is 3. The van der Waals surface area contributed by atoms with Crippen molar-refractivity contribution in [3.8, 4) is 11.3 Å². The van der Waals surface area contributed by atoms with E-state index >= 15 is 0 Å². The molecule has 0 saturated heterocycles. The predicted octanol–water partition coefficient (Wildman–Crippen LogP) is 2.28. The number of aromatic nitrogens is 4. The van der Waals surface area contributed by atoms with Gasteiger partial charge in [-0.2, -0.15) is 0 Å². The second-order valence-corrected chi connectivity index (χ2v) is 4.65. The summed E-state index contributed by atoms with van der Waals surface area (Å²) in [4.78, 5) is 12.7. The number of nitrogen functional groups attached to an aromatic ring is 1. The van der Waals surface area contributed by atoms with E-state index in [1.165, 1.54) is 0 Å². The molecule has 3 aromatic rings. The lowest BCUT2D eigenvalue weighted by Crippen LogP contribution is -2.03. The molecule has 5 heteroatoms. The third kappa shape index (κ3) is 2.51. The van der Waals surface area contributed by atoms with Crippen molar-refractivity contribution in [3.63, 3.8) is 0 Å². The number of hydrogen-bond donors (Lipinski definition) is 1. The van der Waals surface area contributed by atoms with Crippen LogP contribution in [0.3, 0.4) is 0 Å². The number of imidazole rings is 1. The number of nitrogens with zero attached hydrogens (tertiary/aromatic N) is 4. The molecule has 0 atom stereocenters. The van der Waals surface area contributed by atoms with Gasteiger partial charge >= 0.3 is 0 Å². The molecule has 0 bridgehead atoms. The van der Waals surface area contributed by atoms with Gasteiger partial charge in [0.25, 0.3) is 0 Å². The molecule has 100 valence electrons. The fourth-order valence-corrected chi connectivity index (χ4v) is 2.16. The topological polar surface area (TPSA) is 69.6 Å². The molecule has 0 aliphatic heterocycles. The molecular weight excluding hydrogens is 250 g/mol. The van der Waals surface area contributed by atoms with E-state index < -0.39 is 0 Å². The average Bonchev–Trinajstić information content (AvgIpc) is 2.87. The maximum atomic E-state index is 5.73. The summed E-state index contributed by atoms with van der Waals surface area (Å²) in [6, 6.07) is 9.78. The van der Waals surface area contributed by atoms with E-state index in [0.29, 0.717) is 12.4 Å². The Bertz CT molecular complexity index is 732. The molecule has 0 aliphatic carbocycles. The van der Waals surface area contributed by atoms with Crippen molar-refractivity contribution in [3.05, 3.63) is 60.4 Å². The van der Waals surface area contributed by atoms with Crippen molar-refractivity contribution in [2.45, 2.75) is 13.5 Å². The maximum absolute atomic E-state index is 5.73. The Morgan fingerprint density at radius 3 is 2.95 bits per heavy atom. The summed E-state index contributed by atoms with van der Waals surface area (Å²) in [6.45, 7) is 2.67. The van der Waals surface area contributed by atoms with Gasteiger partial charge in [-0.1, -0.05) is 6.07 Å². The Morgan fingerprint density at radius 2 is 2.15 bits per heavy atom. The molecule has 0 spiro atoms. The molecular formula is C15H15N5. The number of pyridine rings is 2. The van der Waals surface area contributed by atoms with Crippen molar-refractivity contribution >= 4 is 5.82 Å². The zero-order valence-corrected chi connectivity index (χ0v) is 11.2. The van der Waals surface area contributed by atoms with Gasteiger partial charge in [0, 0.05) is 17.5 Å². The molecule has 0 amide bonds. The average molecular weight is 265 g/mol. The van der Waals surface area contributed by atoms with Crippen LogP contribution in [0, 0.1) is 6.92 Å². The number of hydrogen-bond acceptors (Lipinski definition) is 4. The molecule has 0 aliphatic rings. The van der Waals surface area contributed by atoms with Crippen LogP contribution in [0.1, 0.15) is 11.4 Å². The molecule has 2 N–H and O–H groups in total. The van der Waals surface area contributed by atoms with Crippen LogP contribution in [0.25, 0.3) is 11.3 Å². The summed E-state index contributed by atoms with van der Waals surface area (Å²) in [5, 5.41) is 0. The Kier molecular flexibility index (Phi) is 3.16. The Labute approximate surface area is 117 Å². The minimum absolute atomic E-state index is 0.504. The second kappa shape index (κ2) is 5.13. The van der Waals surface area contributed by atoms with Gasteiger partial charge in [-0.25, -0.2) is 9.97 Å². The molecule has 0 radical (unpaired) electrons. The van der Waals surface area contributed by atoms with E-state index in [0.717, 1.165) is 22.6 Å². The lowest BCUT2D eigenvalue weighted by molar-refractivity contribution is 0.776. The molecule has 3 aromatic heterocycles. The van der Waals surface area contributed by atoms with E-state index in [9.17, 15) is 0 Å². The minimum atomic E-state index is 0.504. The summed E-state index contributed by atoms with van der Waals surface area (Å²) >= 11 is 0. The number of aryl methyl sites for hydroxylation is 1. The molecule has 5 nitrogen and oxygen atoms in total. The summed E-state index contributed by atoms with van der Waals surface area (Å²) in [5.74, 6) is 0.504. The van der Waals surface area contributed by atoms with Crippen LogP contribution in [0.5, 0.6) is 0 Å². The van der Waals surface area contributed by atoms with Crippen molar-refractivity contribution in [2.24, 2.45) is 0 Å². The van der Waals surface area contributed by atoms with Crippen LogP contribution in [-0.2, 0) is 6.54 Å². The SMILES string of the molecule is Cc1cccc(Cn2cncc2-c2ccnc(N)c2)n1. The highest BCUT2D eigenvalue weighted by molar-refractivity contribution is 5.61. The quantitative estimate of drug-likeness (QED) is 0.788. The highest BCUT2D eigenvalue weighted by atomic mass is 15.1. The number of anilines is 1. The fraction of sp³-hybridized carbons (Fsp3) is 0.133. The highest BCUT2D eigenvalue weighted by Crippen LogP contribution is 2.20. The molecule has 3 rings (SSSR count). The van der Waals surface area contributed by atoms with E-state index in [-0.39, 0.29) is 0 Å². The standard InChI is InChI=1S/C15H15N5/c1-11-3-2-4-13(19-11)9-20-10-17-8-14(20)12-5-6-18-15(16)7-12/h2-8,10H,9H2,1H3,(H2,16,18). The van der Waals surface area contributed by atoms with E-state index in [2.05, 4.69) is 19.5 Å². The first-order valence-electron chi connectivity index (χ1n) is 6.37. The Balaban J connectivity index is 1.94. The number of nitrogens with two attached hydrogens (primary N) is 1. The van der Waals surface area contributed by atoms with E-state index in [1.807, 2.05) is 43.5 Å². The zero-order chi connectivity index (χ0) is 13.9. The first-order valence-corrected chi connectivity index (χ1v) is 6.37. The van der Waals surface area contributed by atoms with Crippen LogP contribution < -0.4 is 5.73 Å². The molecule has 3 heterocycles. The van der Waals surface area contributed by atoms with Crippen LogP contribution in [0.2, 0.25) is 0 Å². The third-order valence-corrected chi connectivity index (χ3v) is 3.07. The monoisotopic (exact) mass is 265 g/mol. The van der Waals surface area contributed by atoms with Crippen LogP contribution in [0.4, 0.5) is 5.82 Å². The molecule has 20 heavy (non-hydrogen) atoms. The van der Waals surface area contributed by atoms with Gasteiger partial charge < -0.3 is 10.3 Å². The smallest absolute Gasteiger partial charge is 0.123 e. The van der Waals surface area contributed by atoms with Gasteiger partial charge in [-0.05, 0) is 31.2 Å². The Hall–Kier alpha value is -2.69. The van der Waals surface area contributed by atoms with Gasteiger partial charge in [0.15, 0.2) is 0 Å². The third-order valence-electron chi connectivity index (χ3n) is 3.07. The summed E-state index contributed by atoms with van der Waals surface area (Å²) in [5.41, 5.74) is 9.76. The van der Waals surface area contributed by atoms with E-state index in [1.54, 1.807) is 12.5 Å². The highest BCUT2D eigenvalue weighted by Gasteiger charge is 2.07. The first-order chi connectivity index (χ1) is 9.72. The van der Waals surface area contributed by atoms with Gasteiger partial charge in [-0.3, -0.25) is 4.98 Å². The molecule has 0 unspecified atom stereocenters. The van der Waals surface area contributed by atoms with Gasteiger partial charge in [0.05, 0.1) is 30.5 Å². The molecule has 0 aromatic carbocycles. The lowest BCUT2D eigenvalue weighted by Gasteiger charge is -2.08. The van der Waals surface area contributed by atoms with Gasteiger partial charge in [0.2, 0.25) is 0 Å². The zero-order valence-electron chi connectivity index (χ0n) is 11.2. The maximum Gasteiger partial charge on any atom is 0.123 e. The van der Waals surface area contributed by atoms with Crippen molar-refractivity contribution in [1.29, 1.82) is 0 Å². The van der Waals surface area contributed by atoms with Gasteiger partial charge in [0.1, 0.15) is 5.82 Å². The van der Waals surface area contributed by atoms with Crippen LogP contribution in [-0.4, -0.2) is 19.5 Å². The van der Waals surface area contributed by atoms with Crippen LogP contribution >= 0.6 is 0 Å². The normalized spacial score (nSPS) is 10.7.